The maximum absolute atomic E-state index is 12.4. The second kappa shape index (κ2) is 8.90. The summed E-state index contributed by atoms with van der Waals surface area (Å²) in [6.07, 6.45) is 4.83. The molecule has 1 amide bonds. The quantitative estimate of drug-likeness (QED) is 0.445. The second-order valence-corrected chi connectivity index (χ2v) is 8.30. The number of aromatic nitrogens is 4. The summed E-state index contributed by atoms with van der Waals surface area (Å²) < 4.78 is 13.2. The number of amides is 1. The third-order valence-electron chi connectivity index (χ3n) is 6.05. The van der Waals surface area contributed by atoms with Gasteiger partial charge in [-0.3, -0.25) is 9.48 Å². The number of piperidine rings is 1. The van der Waals surface area contributed by atoms with E-state index in [0.29, 0.717) is 31.2 Å². The van der Waals surface area contributed by atoms with E-state index in [1.807, 2.05) is 74.9 Å². The van der Waals surface area contributed by atoms with Crippen LogP contribution >= 0.6 is 0 Å². The van der Waals surface area contributed by atoms with Crippen molar-refractivity contribution in [1.29, 1.82) is 0 Å². The van der Waals surface area contributed by atoms with Crippen molar-refractivity contribution in [3.63, 3.8) is 0 Å². The molecule has 0 unspecified atom stereocenters. The molecule has 0 spiro atoms. The fourth-order valence-electron chi connectivity index (χ4n) is 4.28. The van der Waals surface area contributed by atoms with Crippen molar-refractivity contribution >= 4 is 5.91 Å². The monoisotopic (exact) mass is 443 g/mol. The van der Waals surface area contributed by atoms with Gasteiger partial charge in [0, 0.05) is 37.8 Å². The van der Waals surface area contributed by atoms with Crippen LogP contribution in [0.5, 0.6) is 5.75 Å². The molecule has 1 saturated heterocycles. The van der Waals surface area contributed by atoms with Crippen molar-refractivity contribution in [2.75, 3.05) is 7.05 Å². The summed E-state index contributed by atoms with van der Waals surface area (Å²) in [5, 5.41) is 8.50. The van der Waals surface area contributed by atoms with Crippen LogP contribution in [0.2, 0.25) is 0 Å². The summed E-state index contributed by atoms with van der Waals surface area (Å²) in [4.78, 5) is 18.8. The number of carbonyl (C=O) groups excluding carboxylic acids is 1. The van der Waals surface area contributed by atoms with Gasteiger partial charge in [-0.1, -0.05) is 47.6 Å². The average molecular weight is 444 g/mol. The lowest BCUT2D eigenvalue weighted by molar-refractivity contribution is -0.135. The Balaban J connectivity index is 1.33. The highest BCUT2D eigenvalue weighted by atomic mass is 16.5. The van der Waals surface area contributed by atoms with Crippen LogP contribution in [-0.4, -0.2) is 37.8 Å². The van der Waals surface area contributed by atoms with Crippen LogP contribution in [0.4, 0.5) is 0 Å². The van der Waals surface area contributed by atoms with Crippen LogP contribution in [-0.2, 0) is 18.4 Å². The lowest BCUT2D eigenvalue weighted by Crippen LogP contribution is -2.39. The molecule has 0 bridgehead atoms. The normalized spacial score (nSPS) is 18.5. The number of benzene rings is 2. The Kier molecular flexibility index (Phi) is 5.64. The molecule has 2 aromatic heterocycles. The van der Waals surface area contributed by atoms with Crippen LogP contribution in [0, 0.1) is 0 Å². The third-order valence-corrected chi connectivity index (χ3v) is 6.05. The first-order valence-corrected chi connectivity index (χ1v) is 10.9. The first kappa shape index (κ1) is 20.9. The van der Waals surface area contributed by atoms with Gasteiger partial charge in [-0.2, -0.15) is 10.1 Å². The zero-order valence-electron chi connectivity index (χ0n) is 18.6. The van der Waals surface area contributed by atoms with Gasteiger partial charge in [-0.15, -0.1) is 0 Å². The molecule has 8 nitrogen and oxygen atoms in total. The van der Waals surface area contributed by atoms with Crippen molar-refractivity contribution in [3.8, 4) is 17.1 Å². The summed E-state index contributed by atoms with van der Waals surface area (Å²) in [6, 6.07) is 17.5. The molecule has 4 aromatic rings. The Morgan fingerprint density at radius 1 is 1.09 bits per heavy atom. The molecule has 8 heteroatoms. The van der Waals surface area contributed by atoms with Crippen molar-refractivity contribution in [1.82, 2.24) is 24.8 Å². The van der Waals surface area contributed by atoms with Gasteiger partial charge >= 0.3 is 0 Å². The minimum atomic E-state index is -0.189. The summed E-state index contributed by atoms with van der Waals surface area (Å²) in [5.74, 6) is 1.92. The van der Waals surface area contributed by atoms with Crippen molar-refractivity contribution < 1.29 is 14.1 Å². The van der Waals surface area contributed by atoms with Gasteiger partial charge in [0.25, 0.3) is 0 Å². The molecular formula is C25H25N5O3. The van der Waals surface area contributed by atoms with Gasteiger partial charge in [0.1, 0.15) is 12.4 Å². The lowest BCUT2D eigenvalue weighted by atomic mass is 9.85. The van der Waals surface area contributed by atoms with E-state index in [2.05, 4.69) is 10.3 Å². The highest BCUT2D eigenvalue weighted by Gasteiger charge is 2.39. The number of hydrogen-bond donors (Lipinski definition) is 0. The van der Waals surface area contributed by atoms with Crippen LogP contribution in [0.25, 0.3) is 11.4 Å². The SMILES string of the molecule is CN1C(=O)CC[C@@H](c2nc(-c3ccc(COc4ccccc4)cc3)no2)[C@@H]1c1cnn(C)c1. The second-order valence-electron chi connectivity index (χ2n) is 8.30. The molecular weight excluding hydrogens is 418 g/mol. The fourth-order valence-corrected chi connectivity index (χ4v) is 4.28. The van der Waals surface area contributed by atoms with Gasteiger partial charge in [-0.05, 0) is 24.1 Å². The molecule has 1 fully saturated rings. The van der Waals surface area contributed by atoms with E-state index in [9.17, 15) is 4.79 Å². The minimum Gasteiger partial charge on any atom is -0.489 e. The van der Waals surface area contributed by atoms with Gasteiger partial charge in [0.05, 0.1) is 18.2 Å². The van der Waals surface area contributed by atoms with E-state index in [-0.39, 0.29) is 17.9 Å². The number of hydrogen-bond acceptors (Lipinski definition) is 6. The van der Waals surface area contributed by atoms with E-state index in [1.165, 1.54) is 0 Å². The maximum Gasteiger partial charge on any atom is 0.232 e. The number of likely N-dealkylation sites (N-methyl/N-ethyl adjacent to an activating group) is 1. The average Bonchev–Trinajstić information content (AvgIpc) is 3.50. The molecule has 33 heavy (non-hydrogen) atoms. The number of para-hydroxylation sites is 1. The van der Waals surface area contributed by atoms with Gasteiger partial charge in [0.15, 0.2) is 0 Å². The largest absolute Gasteiger partial charge is 0.489 e. The van der Waals surface area contributed by atoms with Crippen molar-refractivity contribution in [3.05, 3.63) is 84.0 Å². The lowest BCUT2D eigenvalue weighted by Gasteiger charge is -2.36. The first-order valence-electron chi connectivity index (χ1n) is 10.9. The summed E-state index contributed by atoms with van der Waals surface area (Å²) in [5.41, 5.74) is 2.88. The van der Waals surface area contributed by atoms with E-state index >= 15 is 0 Å². The molecule has 1 aliphatic rings. The zero-order chi connectivity index (χ0) is 22.8. The van der Waals surface area contributed by atoms with Crippen LogP contribution in [0.3, 0.4) is 0 Å². The fraction of sp³-hybridized carbons (Fsp3) is 0.280. The maximum atomic E-state index is 12.4. The van der Waals surface area contributed by atoms with Gasteiger partial charge < -0.3 is 14.2 Å². The van der Waals surface area contributed by atoms with Crippen molar-refractivity contribution in [2.45, 2.75) is 31.4 Å². The molecule has 0 aliphatic carbocycles. The molecule has 0 radical (unpaired) electrons. The Bertz CT molecular complexity index is 1230. The van der Waals surface area contributed by atoms with Gasteiger partial charge in [0.2, 0.25) is 17.6 Å². The molecule has 168 valence electrons. The highest BCUT2D eigenvalue weighted by molar-refractivity contribution is 5.77. The first-order chi connectivity index (χ1) is 16.1. The standard InChI is InChI=1S/C25H25N5O3/c1-29-15-19(14-26-29)23-21(12-13-22(31)30(23)2)25-27-24(28-33-25)18-10-8-17(9-11-18)16-32-20-6-4-3-5-7-20/h3-11,14-15,21,23H,12-13,16H2,1-2H3/t21-,23+/m1/s1. The van der Waals surface area contributed by atoms with Crippen LogP contribution in [0.15, 0.2) is 71.5 Å². The number of carbonyl (C=O) groups is 1. The van der Waals surface area contributed by atoms with E-state index < -0.39 is 0 Å². The summed E-state index contributed by atoms with van der Waals surface area (Å²) >= 11 is 0. The smallest absolute Gasteiger partial charge is 0.232 e. The molecule has 2 aromatic carbocycles. The minimum absolute atomic E-state index is 0.0864. The topological polar surface area (TPSA) is 86.3 Å². The van der Waals surface area contributed by atoms with E-state index in [1.54, 1.807) is 15.8 Å². The number of ether oxygens (including phenoxy) is 1. The van der Waals surface area contributed by atoms with Crippen LogP contribution in [0.1, 0.15) is 41.8 Å². The predicted molar refractivity (Wildman–Crippen MR) is 121 cm³/mol. The summed E-state index contributed by atoms with van der Waals surface area (Å²) in [7, 11) is 3.68. The Labute approximate surface area is 191 Å². The Hall–Kier alpha value is -3.94. The predicted octanol–water partition coefficient (Wildman–Crippen LogP) is 4.13. The third kappa shape index (κ3) is 4.37. The molecule has 0 N–H and O–H groups in total. The molecule has 0 saturated carbocycles. The Morgan fingerprint density at radius 3 is 2.61 bits per heavy atom. The highest BCUT2D eigenvalue weighted by Crippen LogP contribution is 2.41. The van der Waals surface area contributed by atoms with E-state index in [0.717, 1.165) is 22.4 Å². The number of aryl methyl sites for hydroxylation is 1. The summed E-state index contributed by atoms with van der Waals surface area (Å²) in [6.45, 7) is 0.483. The number of likely N-dealkylation sites (tertiary alicyclic amines) is 1. The molecule has 5 rings (SSSR count). The molecule has 1 aliphatic heterocycles. The van der Waals surface area contributed by atoms with Gasteiger partial charge in [-0.25, -0.2) is 0 Å². The van der Waals surface area contributed by atoms with E-state index in [4.69, 9.17) is 14.2 Å². The molecule has 2 atom stereocenters. The molecule has 3 heterocycles. The number of nitrogens with zero attached hydrogens (tertiary/aromatic N) is 5. The van der Waals surface area contributed by atoms with Crippen molar-refractivity contribution in [2.24, 2.45) is 7.05 Å². The Morgan fingerprint density at radius 2 is 1.88 bits per heavy atom. The zero-order valence-corrected chi connectivity index (χ0v) is 18.6. The number of rotatable bonds is 6. The van der Waals surface area contributed by atoms with Crippen LogP contribution < -0.4 is 4.74 Å².